The average molecular weight is 398 g/mol. The van der Waals surface area contributed by atoms with Crippen molar-refractivity contribution in [2.75, 3.05) is 7.11 Å². The molecule has 0 saturated heterocycles. The van der Waals surface area contributed by atoms with Crippen LogP contribution >= 0.6 is 11.6 Å². The summed E-state index contributed by atoms with van der Waals surface area (Å²) >= 11 is 6.00. The molecule has 2 rings (SSSR count). The van der Waals surface area contributed by atoms with Crippen molar-refractivity contribution < 1.29 is 28.2 Å². The summed E-state index contributed by atoms with van der Waals surface area (Å²) in [5.74, 6) is -3.19. The number of aryl methyl sites for hydroxylation is 1. The maximum absolute atomic E-state index is 13.2. The van der Waals surface area contributed by atoms with E-state index >= 15 is 0 Å². The molecule has 2 aromatic rings. The van der Waals surface area contributed by atoms with Gasteiger partial charge in [-0.25, -0.2) is 13.6 Å². The summed E-state index contributed by atoms with van der Waals surface area (Å²) < 4.78 is 31.1. The molecule has 0 aliphatic heterocycles. The summed E-state index contributed by atoms with van der Waals surface area (Å²) in [4.78, 5) is 23.6. The first-order valence-corrected chi connectivity index (χ1v) is 8.49. The molecule has 8 heteroatoms. The van der Waals surface area contributed by atoms with Crippen molar-refractivity contribution in [3.63, 3.8) is 0 Å². The first-order valence-electron chi connectivity index (χ1n) is 8.11. The number of rotatable bonds is 8. The van der Waals surface area contributed by atoms with Gasteiger partial charge in [-0.05, 0) is 48.2 Å². The summed E-state index contributed by atoms with van der Waals surface area (Å²) in [5, 5.41) is 12.0. The molecule has 0 radical (unpaired) electrons. The number of carboxylic acid groups (broad SMARTS) is 1. The number of carboxylic acids is 1. The van der Waals surface area contributed by atoms with Crippen LogP contribution in [0.1, 0.15) is 30.0 Å². The van der Waals surface area contributed by atoms with Gasteiger partial charge < -0.3 is 15.2 Å². The summed E-state index contributed by atoms with van der Waals surface area (Å²) in [7, 11) is 1.43. The summed E-state index contributed by atoms with van der Waals surface area (Å²) in [6, 6.07) is 6.72. The van der Waals surface area contributed by atoms with Crippen LogP contribution in [-0.4, -0.2) is 24.1 Å². The Labute approximate surface area is 159 Å². The van der Waals surface area contributed by atoms with Gasteiger partial charge in [0.2, 0.25) is 5.91 Å². The highest BCUT2D eigenvalue weighted by molar-refractivity contribution is 6.32. The number of methoxy groups -OCH3 is 1. The van der Waals surface area contributed by atoms with E-state index in [0.29, 0.717) is 29.7 Å². The minimum atomic E-state index is -1.26. The minimum Gasteiger partial charge on any atom is -0.495 e. The third-order valence-corrected chi connectivity index (χ3v) is 4.21. The molecule has 2 aromatic carbocycles. The van der Waals surface area contributed by atoms with Gasteiger partial charge >= 0.3 is 5.97 Å². The third-order valence-electron chi connectivity index (χ3n) is 3.91. The molecule has 2 N–H and O–H groups in total. The lowest BCUT2D eigenvalue weighted by atomic mass is 10.1. The van der Waals surface area contributed by atoms with Crippen molar-refractivity contribution in [1.82, 2.24) is 5.32 Å². The standard InChI is InChI=1S/C19H18ClF2NO4/c1-27-16-8-6-12(10-13(16)20)18(19(25)26)23-17(24)4-2-3-11-5-7-14(21)15(22)9-11/h5-10,18H,2-4H2,1H3,(H,23,24)(H,25,26). The zero-order valence-electron chi connectivity index (χ0n) is 14.5. The Morgan fingerprint density at radius 2 is 1.93 bits per heavy atom. The number of aliphatic carboxylic acids is 1. The maximum Gasteiger partial charge on any atom is 0.330 e. The van der Waals surface area contributed by atoms with Crippen LogP contribution in [0.15, 0.2) is 36.4 Å². The highest BCUT2D eigenvalue weighted by Crippen LogP contribution is 2.28. The van der Waals surface area contributed by atoms with Crippen molar-refractivity contribution in [2.45, 2.75) is 25.3 Å². The lowest BCUT2D eigenvalue weighted by Gasteiger charge is -2.16. The van der Waals surface area contributed by atoms with Crippen LogP contribution in [0.4, 0.5) is 8.78 Å². The van der Waals surface area contributed by atoms with E-state index in [1.54, 1.807) is 0 Å². The first kappa shape index (κ1) is 20.6. The summed E-state index contributed by atoms with van der Waals surface area (Å²) in [6.07, 6.45) is 0.746. The van der Waals surface area contributed by atoms with E-state index in [0.717, 1.165) is 12.1 Å². The topological polar surface area (TPSA) is 75.6 Å². The van der Waals surface area contributed by atoms with Gasteiger partial charge in [-0.1, -0.05) is 23.7 Å². The number of halogens is 3. The summed E-state index contributed by atoms with van der Waals surface area (Å²) in [6.45, 7) is 0. The van der Waals surface area contributed by atoms with E-state index in [4.69, 9.17) is 16.3 Å². The van der Waals surface area contributed by atoms with Crippen LogP contribution in [-0.2, 0) is 16.0 Å². The van der Waals surface area contributed by atoms with Crippen LogP contribution in [0.5, 0.6) is 5.75 Å². The molecule has 0 saturated carbocycles. The fraction of sp³-hybridized carbons (Fsp3) is 0.263. The Hall–Kier alpha value is -2.67. The molecule has 1 amide bonds. The second kappa shape index (κ2) is 9.32. The fourth-order valence-electron chi connectivity index (χ4n) is 2.53. The molecule has 0 heterocycles. The van der Waals surface area contributed by atoms with Gasteiger partial charge in [0, 0.05) is 6.42 Å². The van der Waals surface area contributed by atoms with E-state index in [9.17, 15) is 23.5 Å². The van der Waals surface area contributed by atoms with E-state index in [-0.39, 0.29) is 11.4 Å². The van der Waals surface area contributed by atoms with Crippen LogP contribution < -0.4 is 10.1 Å². The molecule has 1 atom stereocenters. The molecule has 0 bridgehead atoms. The number of carbonyl (C=O) groups excluding carboxylic acids is 1. The highest BCUT2D eigenvalue weighted by atomic mass is 35.5. The predicted octanol–water partition coefficient (Wildman–Crippen LogP) is 3.89. The second-order valence-electron chi connectivity index (χ2n) is 5.83. The van der Waals surface area contributed by atoms with E-state index in [1.807, 2.05) is 0 Å². The van der Waals surface area contributed by atoms with Gasteiger partial charge in [0.05, 0.1) is 12.1 Å². The largest absolute Gasteiger partial charge is 0.495 e. The van der Waals surface area contributed by atoms with Crippen LogP contribution in [0, 0.1) is 11.6 Å². The smallest absolute Gasteiger partial charge is 0.330 e. The number of hydrogen-bond acceptors (Lipinski definition) is 3. The molecule has 0 fully saturated rings. The molecule has 1 unspecified atom stereocenters. The Balaban J connectivity index is 1.95. The maximum atomic E-state index is 13.2. The lowest BCUT2D eigenvalue weighted by molar-refractivity contribution is -0.142. The molecule has 144 valence electrons. The number of carbonyl (C=O) groups is 2. The molecule has 0 spiro atoms. The van der Waals surface area contributed by atoms with Gasteiger partial charge in [0.15, 0.2) is 17.7 Å². The van der Waals surface area contributed by atoms with E-state index in [1.165, 1.54) is 31.4 Å². The minimum absolute atomic E-state index is 0.0344. The van der Waals surface area contributed by atoms with Crippen molar-refractivity contribution in [1.29, 1.82) is 0 Å². The SMILES string of the molecule is COc1ccc(C(NC(=O)CCCc2ccc(F)c(F)c2)C(=O)O)cc1Cl. The Bertz CT molecular complexity index is 844. The third kappa shape index (κ3) is 5.65. The normalized spacial score (nSPS) is 11.7. The molecule has 5 nitrogen and oxygen atoms in total. The van der Waals surface area contributed by atoms with E-state index in [2.05, 4.69) is 5.32 Å². The van der Waals surface area contributed by atoms with Gasteiger partial charge in [0.1, 0.15) is 5.75 Å². The summed E-state index contributed by atoms with van der Waals surface area (Å²) in [5.41, 5.74) is 0.862. The molecule has 0 aliphatic carbocycles. The monoisotopic (exact) mass is 397 g/mol. The lowest BCUT2D eigenvalue weighted by Crippen LogP contribution is -2.33. The predicted molar refractivity (Wildman–Crippen MR) is 95.8 cm³/mol. The number of amides is 1. The quantitative estimate of drug-likeness (QED) is 0.708. The Morgan fingerprint density at radius 1 is 1.19 bits per heavy atom. The van der Waals surface area contributed by atoms with Gasteiger partial charge in [0.25, 0.3) is 0 Å². The van der Waals surface area contributed by atoms with Crippen LogP contribution in [0.3, 0.4) is 0 Å². The van der Waals surface area contributed by atoms with Gasteiger partial charge in [-0.3, -0.25) is 4.79 Å². The molecule has 27 heavy (non-hydrogen) atoms. The van der Waals surface area contributed by atoms with Crippen LogP contribution in [0.25, 0.3) is 0 Å². The Kier molecular flexibility index (Phi) is 7.12. The van der Waals surface area contributed by atoms with Crippen molar-refractivity contribution in [2.24, 2.45) is 0 Å². The number of nitrogens with one attached hydrogen (secondary N) is 1. The molecular weight excluding hydrogens is 380 g/mol. The molecule has 0 aromatic heterocycles. The number of hydrogen-bond donors (Lipinski definition) is 2. The van der Waals surface area contributed by atoms with Gasteiger partial charge in [-0.15, -0.1) is 0 Å². The highest BCUT2D eigenvalue weighted by Gasteiger charge is 2.23. The molecule has 0 aliphatic rings. The Morgan fingerprint density at radius 3 is 2.52 bits per heavy atom. The zero-order valence-corrected chi connectivity index (χ0v) is 15.2. The number of benzene rings is 2. The van der Waals surface area contributed by atoms with Crippen molar-refractivity contribution >= 4 is 23.5 Å². The average Bonchev–Trinajstić information content (AvgIpc) is 2.62. The van der Waals surface area contributed by atoms with Crippen molar-refractivity contribution in [3.8, 4) is 5.75 Å². The first-order chi connectivity index (χ1) is 12.8. The van der Waals surface area contributed by atoms with Crippen molar-refractivity contribution in [3.05, 3.63) is 64.2 Å². The van der Waals surface area contributed by atoms with E-state index < -0.39 is 29.6 Å². The number of ether oxygens (including phenoxy) is 1. The van der Waals surface area contributed by atoms with Crippen LogP contribution in [0.2, 0.25) is 5.02 Å². The zero-order chi connectivity index (χ0) is 20.0. The molecular formula is C19H18ClF2NO4. The van der Waals surface area contributed by atoms with Gasteiger partial charge in [-0.2, -0.15) is 0 Å². The second-order valence-corrected chi connectivity index (χ2v) is 6.24. The fourth-order valence-corrected chi connectivity index (χ4v) is 2.80.